The molecule has 2 atom stereocenters. The molecule has 4 aromatic rings. The van der Waals surface area contributed by atoms with Gasteiger partial charge in [-0.05, 0) is 136 Å². The normalized spacial score (nSPS) is 19.4. The van der Waals surface area contributed by atoms with Crippen molar-refractivity contribution in [2.45, 2.75) is 117 Å². The van der Waals surface area contributed by atoms with E-state index in [4.69, 9.17) is 0 Å². The Balaban J connectivity index is 0.784. The number of nitrogens with one attached hydrogen (secondary N) is 4. The summed E-state index contributed by atoms with van der Waals surface area (Å²) in [6.45, 7) is 20.0. The molecule has 87 heavy (non-hydrogen) atoms. The van der Waals surface area contributed by atoms with E-state index in [-0.39, 0.29) is 34.9 Å². The van der Waals surface area contributed by atoms with Crippen molar-refractivity contribution in [2.75, 3.05) is 99.8 Å². The molecular formula is C63H78F3N9O9S3. The molecule has 24 heteroatoms. The highest BCUT2D eigenvalue weighted by molar-refractivity contribution is 7.99. The molecule has 0 spiro atoms. The van der Waals surface area contributed by atoms with Gasteiger partial charge in [-0.2, -0.15) is 13.2 Å². The van der Waals surface area contributed by atoms with Gasteiger partial charge in [0.05, 0.1) is 21.7 Å². The van der Waals surface area contributed by atoms with Gasteiger partial charge in [0.2, 0.25) is 11.8 Å². The monoisotopic (exact) mass is 1260 g/mol. The number of alkyl halides is 3. The highest BCUT2D eigenvalue weighted by atomic mass is 32.2. The second-order valence-electron chi connectivity index (χ2n) is 23.9. The van der Waals surface area contributed by atoms with Gasteiger partial charge in [-0.3, -0.25) is 39.1 Å². The van der Waals surface area contributed by atoms with Crippen molar-refractivity contribution < 1.29 is 54.0 Å². The predicted molar refractivity (Wildman–Crippen MR) is 331 cm³/mol. The average Bonchev–Trinajstić information content (AvgIpc) is 2.36. The van der Waals surface area contributed by atoms with Crippen LogP contribution in [0.15, 0.2) is 129 Å². The number of piperazine rings is 2. The maximum absolute atomic E-state index is 14.5. The zero-order valence-corrected chi connectivity index (χ0v) is 52.0. The molecule has 5 amide bonds. The van der Waals surface area contributed by atoms with Gasteiger partial charge < -0.3 is 25.3 Å². The quantitative estimate of drug-likeness (QED) is 0.0277. The van der Waals surface area contributed by atoms with E-state index in [0.717, 1.165) is 125 Å². The molecule has 4 heterocycles. The molecule has 0 aromatic heterocycles. The van der Waals surface area contributed by atoms with Gasteiger partial charge in [0.25, 0.3) is 37.6 Å². The summed E-state index contributed by atoms with van der Waals surface area (Å²) < 4.78 is 99.7. The van der Waals surface area contributed by atoms with Crippen LogP contribution < -0.4 is 25.6 Å². The molecule has 0 saturated carbocycles. The summed E-state index contributed by atoms with van der Waals surface area (Å²) in [5.41, 5.74) is -0.118. The number of carbonyl (C=O) groups excluding carboxylic acids is 5. The third-order valence-corrected chi connectivity index (χ3v) is 21.1. The minimum absolute atomic E-state index is 0.0178. The second kappa shape index (κ2) is 27.9. The number of hydrogen-bond acceptors (Lipinski definition) is 16. The topological polar surface area (TPSA) is 218 Å². The summed E-state index contributed by atoms with van der Waals surface area (Å²) in [6, 6.07) is 21.4. The number of imide groups is 2. The first kappa shape index (κ1) is 64.9. The molecule has 468 valence electrons. The molecule has 4 aliphatic heterocycles. The number of hydrogen-bond donors (Lipinski definition) is 4. The number of unbranched alkanes of at least 4 members (excludes halogenated alkanes) is 1. The summed E-state index contributed by atoms with van der Waals surface area (Å²) in [5.74, 6) is -3.01. The number of thioether (sulfide) groups is 1. The van der Waals surface area contributed by atoms with E-state index in [0.29, 0.717) is 50.1 Å². The van der Waals surface area contributed by atoms with Crippen LogP contribution in [-0.4, -0.2) is 168 Å². The molecule has 18 nitrogen and oxygen atoms in total. The minimum atomic E-state index is -6.13. The van der Waals surface area contributed by atoms with Crippen LogP contribution in [0, 0.1) is 5.41 Å². The number of carbonyl (C=O) groups is 5. The van der Waals surface area contributed by atoms with E-state index in [1.165, 1.54) is 40.6 Å². The van der Waals surface area contributed by atoms with Crippen LogP contribution in [0.25, 0.3) is 0 Å². The van der Waals surface area contributed by atoms with Crippen molar-refractivity contribution in [2.24, 2.45) is 5.41 Å². The lowest BCUT2D eigenvalue weighted by molar-refractivity contribution is -0.136. The molecule has 4 N–H and O–H groups in total. The number of fused-ring (bicyclic) bond motifs is 1. The number of piperidine rings is 1. The first-order chi connectivity index (χ1) is 41.4. The summed E-state index contributed by atoms with van der Waals surface area (Å²) >= 11 is 1.43. The van der Waals surface area contributed by atoms with Gasteiger partial charge in [0, 0.05) is 112 Å². The molecule has 4 aromatic carbocycles. The standard InChI is InChI=1S/C63H78F3N9O9S3/c1-5-12-43(2)51-40-62(3,4)27-25-45(51)41-73-35-37-74(38-36-73)47-19-17-44(18-20-47)58(77)70-87(83,84)49-21-22-52(55(39-49)86(81,82)63(64,65)66)68-46(42-85-48-13-7-6-8-14-48)26-30-72-33-31-71(32-34-72)29-10-9-28-67-53-16-11-15-50-57(53)61(80)75(60(50)79)54-23-24-56(76)69-59(54)78/h6-8,11,13-22,39,46,54,67-68H,2,5,9-10,12,23-38,40-42H2,1,3-4H3,(H,70,77)(H,69,76,78)/t46-,54?/m1/s1. The zero-order chi connectivity index (χ0) is 62.3. The van der Waals surface area contributed by atoms with Crippen LogP contribution in [0.2, 0.25) is 0 Å². The van der Waals surface area contributed by atoms with Crippen LogP contribution >= 0.6 is 11.8 Å². The van der Waals surface area contributed by atoms with E-state index in [1.54, 1.807) is 30.3 Å². The number of sulfonamides is 1. The molecule has 1 aliphatic carbocycles. The molecule has 0 radical (unpaired) electrons. The molecule has 3 fully saturated rings. The van der Waals surface area contributed by atoms with Gasteiger partial charge in [-0.1, -0.05) is 69.2 Å². The molecule has 5 aliphatic rings. The smallest absolute Gasteiger partial charge is 0.384 e. The maximum atomic E-state index is 14.5. The maximum Gasteiger partial charge on any atom is 0.501 e. The number of benzene rings is 4. The number of nitrogens with zero attached hydrogens (tertiary/aromatic N) is 5. The summed E-state index contributed by atoms with van der Waals surface area (Å²) in [7, 11) is -11.0. The predicted octanol–water partition coefficient (Wildman–Crippen LogP) is 8.96. The number of rotatable bonds is 25. The molecule has 1 unspecified atom stereocenters. The van der Waals surface area contributed by atoms with Crippen LogP contribution in [0.3, 0.4) is 0 Å². The third kappa shape index (κ3) is 15.8. The molecule has 3 saturated heterocycles. The molecular weight excluding hydrogens is 1180 g/mol. The Labute approximate surface area is 512 Å². The Morgan fingerprint density at radius 1 is 0.805 bits per heavy atom. The lowest BCUT2D eigenvalue weighted by Crippen LogP contribution is -2.54. The first-order valence-corrected chi connectivity index (χ1v) is 33.8. The highest BCUT2D eigenvalue weighted by Gasteiger charge is 2.49. The Hall–Kier alpha value is -6.57. The Morgan fingerprint density at radius 2 is 1.49 bits per heavy atom. The SMILES string of the molecule is C=C(CCC)C1=C(CN2CCN(c3ccc(C(=O)NS(=O)(=O)c4ccc(N[C@H](CCN5CCN(CCCCNc6cccc7c6C(=O)N(C6CCC(=O)NC6=O)C7=O)CC5)CSc5ccccc5)c(S(=O)(=O)C(F)(F)F)c4)cc3)CC2)CCC(C)(C)C1. The van der Waals surface area contributed by atoms with E-state index in [1.807, 2.05) is 35.1 Å². The van der Waals surface area contributed by atoms with E-state index in [2.05, 4.69) is 62.9 Å². The lowest BCUT2D eigenvalue weighted by atomic mass is 9.72. The molecule has 9 rings (SSSR count). The van der Waals surface area contributed by atoms with Crippen LogP contribution in [0.1, 0.15) is 116 Å². The van der Waals surface area contributed by atoms with Crippen LogP contribution in [0.5, 0.6) is 0 Å². The van der Waals surface area contributed by atoms with Crippen molar-refractivity contribution in [3.63, 3.8) is 0 Å². The zero-order valence-electron chi connectivity index (χ0n) is 49.6. The Kier molecular flexibility index (Phi) is 20.8. The number of anilines is 3. The third-order valence-electron chi connectivity index (χ3n) is 17.0. The van der Waals surface area contributed by atoms with E-state index < -0.39 is 82.5 Å². The minimum Gasteiger partial charge on any atom is -0.384 e. The fourth-order valence-corrected chi connectivity index (χ4v) is 15.0. The van der Waals surface area contributed by atoms with E-state index in [9.17, 15) is 54.0 Å². The van der Waals surface area contributed by atoms with Gasteiger partial charge in [-0.25, -0.2) is 21.6 Å². The van der Waals surface area contributed by atoms with E-state index >= 15 is 0 Å². The van der Waals surface area contributed by atoms with Crippen molar-refractivity contribution in [3.05, 3.63) is 131 Å². The number of amides is 5. The Bertz CT molecular complexity index is 3480. The first-order valence-electron chi connectivity index (χ1n) is 29.9. The fourth-order valence-electron chi connectivity index (χ4n) is 12.0. The van der Waals surface area contributed by atoms with Crippen molar-refractivity contribution in [3.8, 4) is 0 Å². The second-order valence-corrected chi connectivity index (χ2v) is 28.6. The summed E-state index contributed by atoms with van der Waals surface area (Å²) in [6.07, 6.45) is 7.32. The summed E-state index contributed by atoms with van der Waals surface area (Å²) in [5, 5.41) is 8.54. The molecule has 0 bridgehead atoms. The fraction of sp³-hybridized carbons (Fsp3) is 0.476. The lowest BCUT2D eigenvalue weighted by Gasteiger charge is -2.39. The average molecular weight is 1260 g/mol. The van der Waals surface area contributed by atoms with Crippen LogP contribution in [0.4, 0.5) is 30.2 Å². The van der Waals surface area contributed by atoms with Crippen molar-refractivity contribution >= 4 is 78.2 Å². The van der Waals surface area contributed by atoms with Gasteiger partial charge in [0.1, 0.15) is 10.9 Å². The van der Waals surface area contributed by atoms with Gasteiger partial charge in [-0.15, -0.1) is 11.8 Å². The van der Waals surface area contributed by atoms with Crippen LogP contribution in [-0.2, 0) is 29.4 Å². The largest absolute Gasteiger partial charge is 0.501 e. The van der Waals surface area contributed by atoms with Gasteiger partial charge >= 0.3 is 5.51 Å². The van der Waals surface area contributed by atoms with Crippen molar-refractivity contribution in [1.29, 1.82) is 0 Å². The van der Waals surface area contributed by atoms with Gasteiger partial charge in [0.15, 0.2) is 0 Å². The highest BCUT2D eigenvalue weighted by Crippen LogP contribution is 2.43. The number of halogens is 3. The van der Waals surface area contributed by atoms with Crippen molar-refractivity contribution in [1.82, 2.24) is 29.6 Å². The summed E-state index contributed by atoms with van der Waals surface area (Å²) in [4.78, 5) is 73.4. The number of allylic oxidation sites excluding steroid dienone is 2. The Morgan fingerprint density at radius 3 is 2.17 bits per heavy atom. The number of sulfone groups is 1.